The van der Waals surface area contributed by atoms with E-state index in [1.165, 1.54) is 0 Å². The summed E-state index contributed by atoms with van der Waals surface area (Å²) in [6.07, 6.45) is 1.08. The first-order valence-corrected chi connectivity index (χ1v) is 6.55. The van der Waals surface area contributed by atoms with Crippen molar-refractivity contribution >= 4 is 28.8 Å². The number of hydrogen-bond donors (Lipinski definition) is 0. The van der Waals surface area contributed by atoms with E-state index in [9.17, 15) is 4.79 Å². The van der Waals surface area contributed by atoms with E-state index in [4.69, 9.17) is 11.6 Å². The molecule has 88 valence electrons. The van der Waals surface area contributed by atoms with Crippen molar-refractivity contribution in [3.63, 3.8) is 0 Å². The number of carbonyl (C=O) groups is 1. The Bertz CT molecular complexity index is 393. The summed E-state index contributed by atoms with van der Waals surface area (Å²) in [5.74, 6) is 1.19. The number of rotatable bonds is 2. The van der Waals surface area contributed by atoms with Gasteiger partial charge in [-0.3, -0.25) is 4.79 Å². The highest BCUT2D eigenvalue weighted by Gasteiger charge is 2.30. The van der Waals surface area contributed by atoms with E-state index in [1.54, 1.807) is 0 Å². The zero-order chi connectivity index (χ0) is 11.7. The molecule has 1 aliphatic heterocycles. The van der Waals surface area contributed by atoms with Gasteiger partial charge in [0.25, 0.3) is 5.91 Å². The molecule has 0 N–H and O–H groups in total. The third-order valence-electron chi connectivity index (χ3n) is 3.04. The summed E-state index contributed by atoms with van der Waals surface area (Å²) in [7, 11) is 0. The molecule has 1 aliphatic rings. The summed E-state index contributed by atoms with van der Waals surface area (Å²) in [5, 5.41) is 7.82. The molecular formula is C10H14ClN3OS. The zero-order valence-corrected chi connectivity index (χ0v) is 10.9. The van der Waals surface area contributed by atoms with Gasteiger partial charge in [0.05, 0.1) is 0 Å². The van der Waals surface area contributed by atoms with Crippen molar-refractivity contribution in [1.82, 2.24) is 15.1 Å². The molecule has 4 nitrogen and oxygen atoms in total. The maximum absolute atomic E-state index is 12.0. The van der Waals surface area contributed by atoms with E-state index in [0.717, 1.165) is 30.8 Å². The van der Waals surface area contributed by atoms with E-state index in [1.807, 2.05) is 4.90 Å². The van der Waals surface area contributed by atoms with Gasteiger partial charge < -0.3 is 4.90 Å². The lowest BCUT2D eigenvalue weighted by molar-refractivity contribution is 0.0783. The van der Waals surface area contributed by atoms with Crippen LogP contribution in [0.25, 0.3) is 0 Å². The van der Waals surface area contributed by atoms with Gasteiger partial charge in [-0.15, -0.1) is 10.2 Å². The molecule has 0 saturated carbocycles. The number of aromatic nitrogens is 2. The highest BCUT2D eigenvalue weighted by Crippen LogP contribution is 2.26. The van der Waals surface area contributed by atoms with Crippen molar-refractivity contribution in [3.8, 4) is 0 Å². The molecule has 6 heteroatoms. The standard InChI is InChI=1S/C10H14ClN3OS/c1-6(2)7-3-4-14(5-7)9(15)8-12-13-10(11)16-8/h6-7H,3-5H2,1-2H3. The summed E-state index contributed by atoms with van der Waals surface area (Å²) in [5.41, 5.74) is 0. The SMILES string of the molecule is CC(C)C1CCN(C(=O)c2nnc(Cl)s2)C1. The fraction of sp³-hybridized carbons (Fsp3) is 0.700. The summed E-state index contributed by atoms with van der Waals surface area (Å²) in [4.78, 5) is 13.9. The smallest absolute Gasteiger partial charge is 0.284 e. The third-order valence-corrected chi connectivity index (χ3v) is 4.04. The normalized spacial score (nSPS) is 20.8. The van der Waals surface area contributed by atoms with E-state index in [0.29, 0.717) is 21.3 Å². The molecule has 1 unspecified atom stereocenters. The molecule has 0 radical (unpaired) electrons. The van der Waals surface area contributed by atoms with E-state index >= 15 is 0 Å². The van der Waals surface area contributed by atoms with E-state index < -0.39 is 0 Å². The van der Waals surface area contributed by atoms with Crippen LogP contribution in [0.2, 0.25) is 4.47 Å². The maximum Gasteiger partial charge on any atom is 0.284 e. The van der Waals surface area contributed by atoms with Crippen molar-refractivity contribution in [2.75, 3.05) is 13.1 Å². The molecular weight excluding hydrogens is 246 g/mol. The summed E-state index contributed by atoms with van der Waals surface area (Å²) >= 11 is 6.81. The van der Waals surface area contributed by atoms with Crippen LogP contribution >= 0.6 is 22.9 Å². The molecule has 1 aromatic heterocycles. The fourth-order valence-electron chi connectivity index (χ4n) is 1.94. The molecule has 1 atom stereocenters. The molecule has 2 rings (SSSR count). The Kier molecular flexibility index (Phi) is 3.44. The molecule has 16 heavy (non-hydrogen) atoms. The second-order valence-electron chi connectivity index (χ2n) is 4.40. The Morgan fingerprint density at radius 3 is 2.81 bits per heavy atom. The lowest BCUT2D eigenvalue weighted by Gasteiger charge is -2.16. The summed E-state index contributed by atoms with van der Waals surface area (Å²) in [6, 6.07) is 0. The monoisotopic (exact) mass is 259 g/mol. The van der Waals surface area contributed by atoms with Crippen LogP contribution < -0.4 is 0 Å². The highest BCUT2D eigenvalue weighted by molar-refractivity contribution is 7.17. The van der Waals surface area contributed by atoms with E-state index in [2.05, 4.69) is 24.0 Å². The van der Waals surface area contributed by atoms with Crippen molar-refractivity contribution in [2.24, 2.45) is 11.8 Å². The van der Waals surface area contributed by atoms with Gasteiger partial charge in [-0.1, -0.05) is 25.2 Å². The van der Waals surface area contributed by atoms with Crippen LogP contribution in [0.15, 0.2) is 0 Å². The van der Waals surface area contributed by atoms with Gasteiger partial charge in [0.2, 0.25) is 9.47 Å². The Morgan fingerprint density at radius 1 is 1.56 bits per heavy atom. The summed E-state index contributed by atoms with van der Waals surface area (Å²) in [6.45, 7) is 6.04. The average molecular weight is 260 g/mol. The predicted octanol–water partition coefficient (Wildman–Crippen LogP) is 2.31. The van der Waals surface area contributed by atoms with Crippen molar-refractivity contribution < 1.29 is 4.79 Å². The van der Waals surface area contributed by atoms with Crippen LogP contribution in [0.3, 0.4) is 0 Å². The van der Waals surface area contributed by atoms with Crippen molar-refractivity contribution in [3.05, 3.63) is 9.47 Å². The predicted molar refractivity (Wildman–Crippen MR) is 63.8 cm³/mol. The van der Waals surface area contributed by atoms with Crippen LogP contribution in [0.5, 0.6) is 0 Å². The first-order chi connectivity index (χ1) is 7.58. The van der Waals surface area contributed by atoms with Crippen molar-refractivity contribution in [1.29, 1.82) is 0 Å². The molecule has 1 fully saturated rings. The van der Waals surface area contributed by atoms with Gasteiger partial charge in [0, 0.05) is 13.1 Å². The molecule has 1 amide bonds. The molecule has 1 saturated heterocycles. The topological polar surface area (TPSA) is 46.1 Å². The van der Waals surface area contributed by atoms with E-state index in [-0.39, 0.29) is 5.91 Å². The number of nitrogens with zero attached hydrogens (tertiary/aromatic N) is 3. The summed E-state index contributed by atoms with van der Waals surface area (Å²) < 4.78 is 0.322. The minimum atomic E-state index is -0.0347. The second-order valence-corrected chi connectivity index (χ2v) is 5.96. The van der Waals surface area contributed by atoms with Gasteiger partial charge >= 0.3 is 0 Å². The maximum atomic E-state index is 12.0. The average Bonchev–Trinajstić information content (AvgIpc) is 2.84. The first kappa shape index (κ1) is 11.8. The van der Waals surface area contributed by atoms with Crippen LogP contribution in [-0.4, -0.2) is 34.1 Å². The Balaban J connectivity index is 2.02. The molecule has 2 heterocycles. The number of amides is 1. The molecule has 1 aromatic rings. The van der Waals surface area contributed by atoms with Crippen molar-refractivity contribution in [2.45, 2.75) is 20.3 Å². The molecule has 0 bridgehead atoms. The fourth-order valence-corrected chi connectivity index (χ4v) is 2.74. The number of hydrogen-bond acceptors (Lipinski definition) is 4. The van der Waals surface area contributed by atoms with Gasteiger partial charge in [-0.2, -0.15) is 0 Å². The highest BCUT2D eigenvalue weighted by atomic mass is 35.5. The van der Waals surface area contributed by atoms with Gasteiger partial charge in [-0.05, 0) is 29.9 Å². The van der Waals surface area contributed by atoms with Crippen LogP contribution in [-0.2, 0) is 0 Å². The minimum absolute atomic E-state index is 0.0347. The van der Waals surface area contributed by atoms with Crippen LogP contribution in [0.1, 0.15) is 30.1 Å². The zero-order valence-electron chi connectivity index (χ0n) is 9.31. The minimum Gasteiger partial charge on any atom is -0.336 e. The lowest BCUT2D eigenvalue weighted by atomic mass is 9.95. The second kappa shape index (κ2) is 4.67. The van der Waals surface area contributed by atoms with Crippen LogP contribution in [0, 0.1) is 11.8 Å². The van der Waals surface area contributed by atoms with Crippen LogP contribution in [0.4, 0.5) is 0 Å². The lowest BCUT2D eigenvalue weighted by Crippen LogP contribution is -2.29. The molecule has 0 spiro atoms. The Hall–Kier alpha value is -0.680. The first-order valence-electron chi connectivity index (χ1n) is 5.36. The van der Waals surface area contributed by atoms with Gasteiger partial charge in [0.15, 0.2) is 0 Å². The quantitative estimate of drug-likeness (QED) is 0.819. The molecule has 0 aliphatic carbocycles. The Labute approximate surface area is 104 Å². The van der Waals surface area contributed by atoms with Gasteiger partial charge in [0.1, 0.15) is 0 Å². The Morgan fingerprint density at radius 2 is 2.31 bits per heavy atom. The molecule has 0 aromatic carbocycles. The number of carbonyl (C=O) groups excluding carboxylic acids is 1. The number of halogens is 1. The largest absolute Gasteiger partial charge is 0.336 e. The third kappa shape index (κ3) is 2.35. The number of likely N-dealkylation sites (tertiary alicyclic amines) is 1. The van der Waals surface area contributed by atoms with Gasteiger partial charge in [-0.25, -0.2) is 0 Å².